The summed E-state index contributed by atoms with van der Waals surface area (Å²) in [4.78, 5) is 13.1. The lowest BCUT2D eigenvalue weighted by Gasteiger charge is -2.10. The minimum atomic E-state index is -0.939. The number of aromatic nitrogens is 2. The van der Waals surface area contributed by atoms with E-state index in [0.29, 0.717) is 22.2 Å². The van der Waals surface area contributed by atoms with Crippen LogP contribution in [0.5, 0.6) is 0 Å². The molecule has 1 aliphatic heterocycles. The van der Waals surface area contributed by atoms with Crippen LogP contribution in [0.3, 0.4) is 0 Å². The Morgan fingerprint density at radius 2 is 2.00 bits per heavy atom. The summed E-state index contributed by atoms with van der Waals surface area (Å²) in [6.45, 7) is 0. The highest BCUT2D eigenvalue weighted by molar-refractivity contribution is 7.83. The molecular weight excluding hydrogens is 330 g/mol. The molecule has 1 unspecified atom stereocenters. The molecule has 2 aromatic heterocycles. The lowest BCUT2D eigenvalue weighted by atomic mass is 10.2. The first-order valence-electron chi connectivity index (χ1n) is 7.08. The molecule has 0 saturated heterocycles. The highest BCUT2D eigenvalue weighted by Gasteiger charge is 2.28. The molecule has 1 atom stereocenters. The van der Waals surface area contributed by atoms with Crippen LogP contribution in [-0.4, -0.2) is 19.9 Å². The fourth-order valence-electron chi connectivity index (χ4n) is 2.59. The number of nitrogens with zero attached hydrogens (tertiary/aromatic N) is 2. The zero-order valence-electron chi connectivity index (χ0n) is 12.1. The van der Waals surface area contributed by atoms with Crippen LogP contribution in [0.1, 0.15) is 20.9 Å². The Bertz CT molecular complexity index is 886. The van der Waals surface area contributed by atoms with E-state index in [1.165, 1.54) is 11.3 Å². The Morgan fingerprint density at radius 3 is 2.74 bits per heavy atom. The maximum absolute atomic E-state index is 12.4. The van der Waals surface area contributed by atoms with E-state index in [0.717, 1.165) is 16.9 Å². The number of amides is 1. The van der Waals surface area contributed by atoms with Crippen LogP contribution in [0.2, 0.25) is 0 Å². The van der Waals surface area contributed by atoms with Gasteiger partial charge >= 0.3 is 0 Å². The summed E-state index contributed by atoms with van der Waals surface area (Å²) in [6.07, 6.45) is 0. The summed E-state index contributed by atoms with van der Waals surface area (Å²) >= 11 is 1.39. The van der Waals surface area contributed by atoms with Crippen molar-refractivity contribution in [2.24, 2.45) is 0 Å². The van der Waals surface area contributed by atoms with Crippen molar-refractivity contribution in [2.75, 3.05) is 5.32 Å². The first kappa shape index (κ1) is 14.3. The molecule has 1 aliphatic rings. The monoisotopic (exact) mass is 343 g/mol. The van der Waals surface area contributed by atoms with E-state index >= 15 is 0 Å². The van der Waals surface area contributed by atoms with Crippen molar-refractivity contribution in [3.8, 4) is 5.69 Å². The molecular formula is C16H13N3O2S2. The number of benzene rings is 1. The molecule has 3 heterocycles. The van der Waals surface area contributed by atoms with Crippen LogP contribution in [0.4, 0.5) is 5.82 Å². The second kappa shape index (κ2) is 5.75. The molecule has 5 nitrogen and oxygen atoms in total. The summed E-state index contributed by atoms with van der Waals surface area (Å²) in [5.74, 6) is 1.33. The first-order valence-corrected chi connectivity index (χ1v) is 9.45. The van der Waals surface area contributed by atoms with Crippen LogP contribution in [-0.2, 0) is 22.3 Å². The predicted octanol–water partition coefficient (Wildman–Crippen LogP) is 2.95. The van der Waals surface area contributed by atoms with Crippen molar-refractivity contribution >= 4 is 33.9 Å². The molecule has 23 heavy (non-hydrogen) atoms. The van der Waals surface area contributed by atoms with Crippen LogP contribution in [0.15, 0.2) is 47.8 Å². The third kappa shape index (κ3) is 2.62. The highest BCUT2D eigenvalue weighted by Crippen LogP contribution is 2.31. The SMILES string of the molecule is O=C(Nc1c2c(nn1-c1ccccc1)CS(=O)C2)c1cccs1. The molecule has 3 aromatic rings. The Morgan fingerprint density at radius 1 is 1.17 bits per heavy atom. The molecule has 0 spiro atoms. The number of hydrogen-bond acceptors (Lipinski definition) is 4. The van der Waals surface area contributed by atoms with Crippen molar-refractivity contribution in [1.82, 2.24) is 9.78 Å². The van der Waals surface area contributed by atoms with Gasteiger partial charge < -0.3 is 5.32 Å². The van der Waals surface area contributed by atoms with Gasteiger partial charge in [-0.2, -0.15) is 5.10 Å². The van der Waals surface area contributed by atoms with Crippen LogP contribution >= 0.6 is 11.3 Å². The molecule has 0 fully saturated rings. The van der Waals surface area contributed by atoms with Gasteiger partial charge in [0.1, 0.15) is 5.82 Å². The summed E-state index contributed by atoms with van der Waals surface area (Å²) in [5, 5.41) is 9.37. The van der Waals surface area contributed by atoms with E-state index in [2.05, 4.69) is 10.4 Å². The maximum atomic E-state index is 12.4. The van der Waals surface area contributed by atoms with Crippen molar-refractivity contribution in [3.05, 3.63) is 64.0 Å². The summed E-state index contributed by atoms with van der Waals surface area (Å²) in [5.41, 5.74) is 2.54. The average Bonchev–Trinajstić information content (AvgIpc) is 3.26. The van der Waals surface area contributed by atoms with Crippen LogP contribution < -0.4 is 5.32 Å². The van der Waals surface area contributed by atoms with Gasteiger partial charge in [0.05, 0.1) is 27.8 Å². The second-order valence-corrected chi connectivity index (χ2v) is 7.59. The number of carbonyl (C=O) groups is 1. The lowest BCUT2D eigenvalue weighted by Crippen LogP contribution is -2.15. The van der Waals surface area contributed by atoms with Crippen LogP contribution in [0, 0.1) is 0 Å². The first-order chi connectivity index (χ1) is 11.2. The largest absolute Gasteiger partial charge is 0.305 e. The van der Waals surface area contributed by atoms with Gasteiger partial charge in [0.2, 0.25) is 0 Å². The third-order valence-electron chi connectivity index (χ3n) is 3.65. The summed E-state index contributed by atoms with van der Waals surface area (Å²) in [6, 6.07) is 13.3. The van der Waals surface area contributed by atoms with Gasteiger partial charge in [-0.15, -0.1) is 11.3 Å². The molecule has 1 amide bonds. The Hall–Kier alpha value is -2.25. The van der Waals surface area contributed by atoms with Crippen LogP contribution in [0.25, 0.3) is 5.69 Å². The number of thiophene rings is 1. The Labute approximate surface area is 139 Å². The van der Waals surface area contributed by atoms with Crippen molar-refractivity contribution < 1.29 is 9.00 Å². The van der Waals surface area contributed by atoms with Gasteiger partial charge in [0, 0.05) is 16.4 Å². The number of para-hydroxylation sites is 1. The fourth-order valence-corrected chi connectivity index (χ4v) is 4.47. The molecule has 0 aliphatic carbocycles. The average molecular weight is 343 g/mol. The number of rotatable bonds is 3. The van der Waals surface area contributed by atoms with E-state index in [1.54, 1.807) is 10.7 Å². The fraction of sp³-hybridized carbons (Fsp3) is 0.125. The van der Waals surface area contributed by atoms with Gasteiger partial charge in [0.15, 0.2) is 0 Å². The van der Waals surface area contributed by atoms with Gasteiger partial charge in [-0.25, -0.2) is 4.68 Å². The van der Waals surface area contributed by atoms with Gasteiger partial charge in [0.25, 0.3) is 5.91 Å². The standard InChI is InChI=1S/C16H13N3O2S2/c20-16(14-7-4-8-22-14)17-15-12-9-23(21)10-13(12)18-19(15)11-5-2-1-3-6-11/h1-8H,9-10H2,(H,17,20). The molecule has 0 radical (unpaired) electrons. The van der Waals surface area contributed by atoms with Crippen molar-refractivity contribution in [3.63, 3.8) is 0 Å². The second-order valence-electron chi connectivity index (χ2n) is 5.18. The number of hydrogen-bond donors (Lipinski definition) is 1. The van der Waals surface area contributed by atoms with Crippen molar-refractivity contribution in [1.29, 1.82) is 0 Å². The van der Waals surface area contributed by atoms with E-state index in [4.69, 9.17) is 0 Å². The minimum Gasteiger partial charge on any atom is -0.305 e. The molecule has 116 valence electrons. The van der Waals surface area contributed by atoms with Gasteiger partial charge in [-0.3, -0.25) is 9.00 Å². The quantitative estimate of drug-likeness (QED) is 0.795. The Balaban J connectivity index is 1.77. The molecule has 4 rings (SSSR count). The highest BCUT2D eigenvalue weighted by atomic mass is 32.2. The number of nitrogens with one attached hydrogen (secondary N) is 1. The molecule has 1 N–H and O–H groups in total. The molecule has 7 heteroatoms. The van der Waals surface area contributed by atoms with Gasteiger partial charge in [-0.05, 0) is 23.6 Å². The topological polar surface area (TPSA) is 64.0 Å². The van der Waals surface area contributed by atoms with Gasteiger partial charge in [-0.1, -0.05) is 24.3 Å². The molecule has 0 saturated carbocycles. The summed E-state index contributed by atoms with van der Waals surface area (Å²) < 4.78 is 13.6. The zero-order valence-corrected chi connectivity index (χ0v) is 13.7. The minimum absolute atomic E-state index is 0.169. The smallest absolute Gasteiger partial charge is 0.266 e. The van der Waals surface area contributed by atoms with E-state index < -0.39 is 10.8 Å². The van der Waals surface area contributed by atoms with E-state index in [-0.39, 0.29) is 5.91 Å². The number of anilines is 1. The van der Waals surface area contributed by atoms with E-state index in [9.17, 15) is 9.00 Å². The third-order valence-corrected chi connectivity index (χ3v) is 5.72. The predicted molar refractivity (Wildman–Crippen MR) is 91.4 cm³/mol. The number of carbonyl (C=O) groups excluding carboxylic acids is 1. The molecule has 1 aromatic carbocycles. The lowest BCUT2D eigenvalue weighted by molar-refractivity contribution is 0.102. The zero-order chi connectivity index (χ0) is 15.8. The maximum Gasteiger partial charge on any atom is 0.266 e. The normalized spacial score (nSPS) is 16.3. The van der Waals surface area contributed by atoms with E-state index in [1.807, 2.05) is 41.8 Å². The molecule has 0 bridgehead atoms. The number of fused-ring (bicyclic) bond motifs is 1. The van der Waals surface area contributed by atoms with Crippen molar-refractivity contribution in [2.45, 2.75) is 11.5 Å². The Kier molecular flexibility index (Phi) is 3.59. The summed E-state index contributed by atoms with van der Waals surface area (Å²) in [7, 11) is -0.939.